The lowest BCUT2D eigenvalue weighted by Gasteiger charge is -2.40. The maximum Gasteiger partial charge on any atom is 0.363 e. The first-order valence-electron chi connectivity index (χ1n) is 9.67. The Bertz CT molecular complexity index is 780. The van der Waals surface area contributed by atoms with Crippen LogP contribution in [0.2, 0.25) is 0 Å². The van der Waals surface area contributed by atoms with Crippen molar-refractivity contribution in [3.05, 3.63) is 42.0 Å². The molecule has 0 spiro atoms. The van der Waals surface area contributed by atoms with Crippen LogP contribution in [0.4, 0.5) is 0 Å². The minimum Gasteiger partial charge on any atom is -0.493 e. The van der Waals surface area contributed by atoms with Crippen molar-refractivity contribution < 1.29 is 23.9 Å². The zero-order valence-electron chi connectivity index (χ0n) is 17.0. The summed E-state index contributed by atoms with van der Waals surface area (Å²) in [5, 5.41) is 9.02. The third-order valence-corrected chi connectivity index (χ3v) is 5.14. The van der Waals surface area contributed by atoms with Gasteiger partial charge in [-0.05, 0) is 55.9 Å². The van der Waals surface area contributed by atoms with Crippen molar-refractivity contribution >= 4 is 17.9 Å². The summed E-state index contributed by atoms with van der Waals surface area (Å²) in [6.07, 6.45) is 4.67. The molecule has 8 heteroatoms. The van der Waals surface area contributed by atoms with Crippen LogP contribution >= 0.6 is 0 Å². The van der Waals surface area contributed by atoms with Crippen LogP contribution in [0, 0.1) is 5.41 Å². The lowest BCUT2D eigenvalue weighted by molar-refractivity contribution is -0.158. The highest BCUT2D eigenvalue weighted by Crippen LogP contribution is 2.32. The van der Waals surface area contributed by atoms with Gasteiger partial charge in [0.05, 0.1) is 31.2 Å². The Morgan fingerprint density at radius 3 is 2.83 bits per heavy atom. The summed E-state index contributed by atoms with van der Waals surface area (Å²) < 4.78 is 10.4. The zero-order chi connectivity index (χ0) is 21.4. The fourth-order valence-corrected chi connectivity index (χ4v) is 3.44. The monoisotopic (exact) mass is 403 g/mol. The van der Waals surface area contributed by atoms with E-state index < -0.39 is 23.4 Å². The van der Waals surface area contributed by atoms with Crippen LogP contribution in [0.3, 0.4) is 0 Å². The first-order valence-corrected chi connectivity index (χ1v) is 9.67. The first-order chi connectivity index (χ1) is 13.9. The van der Waals surface area contributed by atoms with Gasteiger partial charge in [0.15, 0.2) is 0 Å². The van der Waals surface area contributed by atoms with E-state index in [1.54, 1.807) is 24.3 Å². The largest absolute Gasteiger partial charge is 0.493 e. The van der Waals surface area contributed by atoms with Gasteiger partial charge in [-0.3, -0.25) is 10.2 Å². The van der Waals surface area contributed by atoms with Gasteiger partial charge in [0, 0.05) is 0 Å². The molecule has 0 saturated carbocycles. The van der Waals surface area contributed by atoms with Gasteiger partial charge in [-0.25, -0.2) is 4.79 Å². The molecule has 1 atom stereocenters. The number of aryl methyl sites for hydroxylation is 1. The van der Waals surface area contributed by atoms with Crippen LogP contribution in [0.25, 0.3) is 0 Å². The van der Waals surface area contributed by atoms with E-state index in [1.165, 1.54) is 7.11 Å². The lowest BCUT2D eigenvalue weighted by atomic mass is 9.86. The molecule has 29 heavy (non-hydrogen) atoms. The van der Waals surface area contributed by atoms with Crippen LogP contribution in [0.1, 0.15) is 54.9 Å². The molecule has 0 amide bonds. The highest BCUT2D eigenvalue weighted by Gasteiger charge is 2.41. The van der Waals surface area contributed by atoms with Gasteiger partial charge in [-0.2, -0.15) is 5.06 Å². The number of fused-ring (bicyclic) bond motifs is 1. The van der Waals surface area contributed by atoms with Crippen LogP contribution in [0.15, 0.2) is 30.9 Å². The number of allylic oxidation sites excluding steroid dienone is 1. The number of benzene rings is 1. The van der Waals surface area contributed by atoms with E-state index in [1.807, 2.05) is 6.92 Å². The van der Waals surface area contributed by atoms with E-state index in [-0.39, 0.29) is 6.42 Å². The Morgan fingerprint density at radius 1 is 1.45 bits per heavy atom. The molecular formula is C21H29N3O5. The number of nitrogens with zero attached hydrogens (tertiary/aromatic N) is 1. The van der Waals surface area contributed by atoms with Crippen LogP contribution < -0.4 is 10.5 Å². The first kappa shape index (κ1) is 22.3. The minimum atomic E-state index is -1.01. The molecule has 3 N–H and O–H groups in total. The van der Waals surface area contributed by atoms with Crippen molar-refractivity contribution in [3.63, 3.8) is 0 Å². The van der Waals surface area contributed by atoms with Crippen molar-refractivity contribution in [2.24, 2.45) is 5.73 Å². The zero-order valence-corrected chi connectivity index (χ0v) is 17.0. The van der Waals surface area contributed by atoms with Crippen molar-refractivity contribution in [2.75, 3.05) is 13.7 Å². The lowest BCUT2D eigenvalue weighted by Crippen LogP contribution is -2.55. The topological polar surface area (TPSA) is 115 Å². The highest BCUT2D eigenvalue weighted by atomic mass is 16.7. The summed E-state index contributed by atoms with van der Waals surface area (Å²) in [4.78, 5) is 30.4. The standard InChI is InChI=1S/C21H29N3O5/c1-4-6-11-21(5-2,14-18(25)27-3)24(20(22)23)29-19(26)16-9-10-17-15(13-16)8-7-12-28-17/h4,9-10,13H,1,5-8,11-12,14H2,2-3H3,(H3,22,23). The van der Waals surface area contributed by atoms with Gasteiger partial charge in [0.2, 0.25) is 5.96 Å². The number of guanidine groups is 1. The molecule has 1 aliphatic rings. The molecule has 0 fully saturated rings. The predicted molar refractivity (Wildman–Crippen MR) is 109 cm³/mol. The molecule has 2 rings (SSSR count). The van der Waals surface area contributed by atoms with E-state index in [0.717, 1.165) is 29.2 Å². The molecule has 158 valence electrons. The molecule has 8 nitrogen and oxygen atoms in total. The number of ether oxygens (including phenoxy) is 2. The van der Waals surface area contributed by atoms with Crippen LogP contribution in [0.5, 0.6) is 5.75 Å². The van der Waals surface area contributed by atoms with E-state index in [2.05, 4.69) is 6.58 Å². The quantitative estimate of drug-likeness (QED) is 0.225. The Labute approximate surface area is 171 Å². The number of carbonyl (C=O) groups excluding carboxylic acids is 2. The van der Waals surface area contributed by atoms with Crippen molar-refractivity contribution in [3.8, 4) is 5.75 Å². The van der Waals surface area contributed by atoms with Crippen molar-refractivity contribution in [1.29, 1.82) is 5.41 Å². The number of methoxy groups -OCH3 is 1. The second-order valence-corrected chi connectivity index (χ2v) is 6.99. The normalized spacial score (nSPS) is 14.6. The number of hydroxylamine groups is 2. The number of hydrogen-bond acceptors (Lipinski definition) is 6. The molecule has 1 aliphatic heterocycles. The Hall–Kier alpha value is -3.03. The molecule has 1 aromatic rings. The Kier molecular flexibility index (Phi) is 7.64. The van der Waals surface area contributed by atoms with Crippen molar-refractivity contribution in [1.82, 2.24) is 5.06 Å². The number of esters is 1. The average molecular weight is 403 g/mol. The smallest absolute Gasteiger partial charge is 0.363 e. The number of carbonyl (C=O) groups is 2. The molecule has 1 heterocycles. The van der Waals surface area contributed by atoms with Gasteiger partial charge in [0.1, 0.15) is 5.75 Å². The summed E-state index contributed by atoms with van der Waals surface area (Å²) in [6, 6.07) is 5.08. The van der Waals surface area contributed by atoms with Gasteiger partial charge in [-0.1, -0.05) is 13.0 Å². The summed E-state index contributed by atoms with van der Waals surface area (Å²) >= 11 is 0. The molecule has 0 aromatic heterocycles. The van der Waals surface area contributed by atoms with Crippen molar-refractivity contribution in [2.45, 2.75) is 51.0 Å². The molecule has 0 bridgehead atoms. The van der Waals surface area contributed by atoms with E-state index in [9.17, 15) is 9.59 Å². The minimum absolute atomic E-state index is 0.0846. The number of nitrogens with one attached hydrogen (secondary N) is 1. The maximum absolute atomic E-state index is 12.8. The van der Waals surface area contributed by atoms with Gasteiger partial charge < -0.3 is 20.0 Å². The molecule has 1 aromatic carbocycles. The summed E-state index contributed by atoms with van der Waals surface area (Å²) in [7, 11) is 1.29. The summed E-state index contributed by atoms with van der Waals surface area (Å²) in [5.74, 6) is -0.843. The van der Waals surface area contributed by atoms with E-state index in [4.69, 9.17) is 25.5 Å². The van der Waals surface area contributed by atoms with Gasteiger partial charge >= 0.3 is 11.9 Å². The fourth-order valence-electron chi connectivity index (χ4n) is 3.44. The number of nitrogens with two attached hydrogens (primary N) is 1. The third kappa shape index (κ3) is 5.28. The molecule has 0 aliphatic carbocycles. The second kappa shape index (κ2) is 9.95. The Balaban J connectivity index is 2.31. The molecule has 0 saturated heterocycles. The van der Waals surface area contributed by atoms with Gasteiger partial charge in [0.25, 0.3) is 0 Å². The van der Waals surface area contributed by atoms with Crippen LogP contribution in [-0.4, -0.2) is 42.2 Å². The fraction of sp³-hybridized carbons (Fsp3) is 0.476. The average Bonchev–Trinajstić information content (AvgIpc) is 2.74. The number of hydrogen-bond donors (Lipinski definition) is 2. The SMILES string of the molecule is C=CCCC(CC)(CC(=O)OC)N(OC(=O)c1ccc2c(c1)CCCO2)C(=N)N. The molecule has 0 radical (unpaired) electrons. The Morgan fingerprint density at radius 2 is 2.21 bits per heavy atom. The van der Waals surface area contributed by atoms with E-state index >= 15 is 0 Å². The number of rotatable bonds is 8. The highest BCUT2D eigenvalue weighted by molar-refractivity contribution is 5.91. The second-order valence-electron chi connectivity index (χ2n) is 6.99. The summed E-state index contributed by atoms with van der Waals surface area (Å²) in [5.41, 5.74) is 6.00. The van der Waals surface area contributed by atoms with Gasteiger partial charge in [-0.15, -0.1) is 6.58 Å². The third-order valence-electron chi connectivity index (χ3n) is 5.14. The summed E-state index contributed by atoms with van der Waals surface area (Å²) in [6.45, 7) is 6.21. The maximum atomic E-state index is 12.8. The predicted octanol–water partition coefficient (Wildman–Crippen LogP) is 2.96. The van der Waals surface area contributed by atoms with E-state index in [0.29, 0.717) is 31.4 Å². The molecular weight excluding hydrogens is 374 g/mol. The molecule has 1 unspecified atom stereocenters. The van der Waals surface area contributed by atoms with Crippen LogP contribution in [-0.2, 0) is 20.8 Å².